The molecule has 1 heterocycles. The van der Waals surface area contributed by atoms with Crippen LogP contribution in [0.2, 0.25) is 0 Å². The Balaban J connectivity index is 1.33. The van der Waals surface area contributed by atoms with E-state index in [0.717, 1.165) is 25.7 Å². The number of carbonyl (C=O) groups is 2. The SMILES string of the molecule is O=C(NCc1ccc(Br)cc1F)C1C(C(=O)NC2CNCC2(F)F)C2CCC1C21CC1. The van der Waals surface area contributed by atoms with Gasteiger partial charge < -0.3 is 16.0 Å². The van der Waals surface area contributed by atoms with E-state index in [1.165, 1.54) is 6.07 Å². The molecule has 1 saturated heterocycles. The van der Waals surface area contributed by atoms with E-state index in [0.29, 0.717) is 10.0 Å². The molecule has 2 bridgehead atoms. The monoisotopic (exact) mass is 499 g/mol. The second-order valence-electron chi connectivity index (χ2n) is 9.48. The smallest absolute Gasteiger partial charge is 0.281 e. The fourth-order valence-corrected chi connectivity index (χ4v) is 6.74. The molecule has 31 heavy (non-hydrogen) atoms. The van der Waals surface area contributed by atoms with Crippen molar-refractivity contribution in [1.82, 2.24) is 16.0 Å². The summed E-state index contributed by atoms with van der Waals surface area (Å²) in [6.45, 7) is -0.413. The van der Waals surface area contributed by atoms with Gasteiger partial charge in [0.05, 0.1) is 18.4 Å². The normalized spacial score (nSPS) is 34.1. The molecule has 1 spiro atoms. The van der Waals surface area contributed by atoms with E-state index in [1.807, 2.05) is 0 Å². The summed E-state index contributed by atoms with van der Waals surface area (Å²) in [4.78, 5) is 26.4. The number of carbonyl (C=O) groups excluding carboxylic acids is 2. The lowest BCUT2D eigenvalue weighted by Crippen LogP contribution is -2.52. The second-order valence-corrected chi connectivity index (χ2v) is 10.4. The van der Waals surface area contributed by atoms with Crippen LogP contribution in [0.1, 0.15) is 31.2 Å². The maximum Gasteiger partial charge on any atom is 0.281 e. The zero-order valence-electron chi connectivity index (χ0n) is 16.9. The van der Waals surface area contributed by atoms with Crippen LogP contribution in [0, 0.1) is 34.9 Å². The molecule has 9 heteroatoms. The van der Waals surface area contributed by atoms with E-state index < -0.39 is 42.1 Å². The lowest BCUT2D eigenvalue weighted by Gasteiger charge is -2.31. The van der Waals surface area contributed by atoms with Crippen LogP contribution in [0.25, 0.3) is 0 Å². The van der Waals surface area contributed by atoms with Crippen molar-refractivity contribution in [2.75, 3.05) is 13.1 Å². The van der Waals surface area contributed by atoms with Crippen molar-refractivity contribution < 1.29 is 22.8 Å². The Morgan fingerprint density at radius 3 is 2.39 bits per heavy atom. The minimum Gasteiger partial charge on any atom is -0.352 e. The molecule has 1 aromatic carbocycles. The number of benzene rings is 1. The van der Waals surface area contributed by atoms with Gasteiger partial charge in [0.25, 0.3) is 5.92 Å². The summed E-state index contributed by atoms with van der Waals surface area (Å²) in [5.41, 5.74) is 0.363. The Bertz CT molecular complexity index is 923. The Kier molecular flexibility index (Phi) is 5.12. The molecule has 5 rings (SSSR count). The minimum atomic E-state index is -3.00. The highest BCUT2D eigenvalue weighted by molar-refractivity contribution is 9.10. The van der Waals surface area contributed by atoms with E-state index in [9.17, 15) is 22.8 Å². The van der Waals surface area contributed by atoms with Gasteiger partial charge in [0, 0.05) is 23.1 Å². The summed E-state index contributed by atoms with van der Waals surface area (Å²) >= 11 is 3.21. The number of hydrogen-bond acceptors (Lipinski definition) is 3. The number of amides is 2. The summed E-state index contributed by atoms with van der Waals surface area (Å²) in [5, 5.41) is 7.97. The van der Waals surface area contributed by atoms with E-state index in [-0.39, 0.29) is 36.2 Å². The van der Waals surface area contributed by atoms with Gasteiger partial charge in [0.15, 0.2) is 0 Å². The summed E-state index contributed by atoms with van der Waals surface area (Å²) < 4.78 is 42.8. The average Bonchev–Trinajstić information content (AvgIpc) is 3.26. The summed E-state index contributed by atoms with van der Waals surface area (Å²) in [6.07, 6.45) is 3.70. The first-order valence-corrected chi connectivity index (χ1v) is 11.6. The van der Waals surface area contributed by atoms with Crippen molar-refractivity contribution >= 4 is 27.7 Å². The Hall–Kier alpha value is -1.61. The molecular formula is C22H25BrF3N3O2. The highest BCUT2D eigenvalue weighted by Gasteiger charge is 2.71. The van der Waals surface area contributed by atoms with E-state index >= 15 is 0 Å². The molecule has 0 aromatic heterocycles. The van der Waals surface area contributed by atoms with Crippen molar-refractivity contribution in [3.63, 3.8) is 0 Å². The maximum atomic E-state index is 14.1. The third-order valence-electron chi connectivity index (χ3n) is 7.96. The Morgan fingerprint density at radius 2 is 1.81 bits per heavy atom. The largest absolute Gasteiger partial charge is 0.352 e. The van der Waals surface area contributed by atoms with Crippen molar-refractivity contribution in [3.8, 4) is 0 Å². The van der Waals surface area contributed by atoms with Crippen LogP contribution in [0.5, 0.6) is 0 Å². The first-order valence-electron chi connectivity index (χ1n) is 10.8. The van der Waals surface area contributed by atoms with Gasteiger partial charge in [-0.2, -0.15) is 0 Å². The number of halogens is 4. The van der Waals surface area contributed by atoms with Crippen molar-refractivity contribution in [1.29, 1.82) is 0 Å². The fourth-order valence-electron chi connectivity index (χ4n) is 6.41. The van der Waals surface area contributed by atoms with Crippen LogP contribution < -0.4 is 16.0 Å². The van der Waals surface area contributed by atoms with Crippen molar-refractivity contribution in [2.45, 2.75) is 44.2 Å². The highest BCUT2D eigenvalue weighted by Crippen LogP contribution is 2.74. The molecule has 5 nitrogen and oxygen atoms in total. The van der Waals surface area contributed by atoms with E-state index in [1.54, 1.807) is 12.1 Å². The molecule has 4 fully saturated rings. The zero-order valence-corrected chi connectivity index (χ0v) is 18.5. The third kappa shape index (κ3) is 3.48. The number of hydrogen-bond donors (Lipinski definition) is 3. The van der Waals surface area contributed by atoms with Crippen molar-refractivity contribution in [3.05, 3.63) is 34.1 Å². The number of alkyl halides is 2. The molecule has 4 aliphatic rings. The lowest BCUT2D eigenvalue weighted by atomic mass is 9.78. The lowest BCUT2D eigenvalue weighted by molar-refractivity contribution is -0.138. The molecule has 5 atom stereocenters. The van der Waals surface area contributed by atoms with Crippen LogP contribution >= 0.6 is 15.9 Å². The van der Waals surface area contributed by atoms with Gasteiger partial charge in [-0.25, -0.2) is 13.2 Å². The number of nitrogens with one attached hydrogen (secondary N) is 3. The second kappa shape index (κ2) is 7.47. The molecule has 1 aliphatic heterocycles. The summed E-state index contributed by atoms with van der Waals surface area (Å²) in [5.74, 6) is -5.16. The van der Waals surface area contributed by atoms with Crippen LogP contribution in [0.4, 0.5) is 13.2 Å². The van der Waals surface area contributed by atoms with Gasteiger partial charge in [-0.3, -0.25) is 9.59 Å². The highest BCUT2D eigenvalue weighted by atomic mass is 79.9. The molecular weight excluding hydrogens is 475 g/mol. The first kappa shape index (κ1) is 21.2. The van der Waals surface area contributed by atoms with E-state index in [2.05, 4.69) is 31.9 Å². The van der Waals surface area contributed by atoms with Gasteiger partial charge in [-0.15, -0.1) is 0 Å². The van der Waals surface area contributed by atoms with E-state index in [4.69, 9.17) is 0 Å². The average molecular weight is 500 g/mol. The quantitative estimate of drug-likeness (QED) is 0.583. The summed E-state index contributed by atoms with van der Waals surface area (Å²) in [7, 11) is 0. The van der Waals surface area contributed by atoms with Crippen LogP contribution in [-0.4, -0.2) is 36.9 Å². The predicted molar refractivity (Wildman–Crippen MR) is 111 cm³/mol. The molecule has 168 valence electrons. The topological polar surface area (TPSA) is 70.2 Å². The van der Waals surface area contributed by atoms with Gasteiger partial charge >= 0.3 is 0 Å². The standard InChI is InChI=1S/C22H25BrF3N3O2/c23-12-2-1-11(15(24)7-12)8-28-19(30)17-13-3-4-14(21(13)5-6-21)18(17)20(31)29-16-9-27-10-22(16,25)26/h1-2,7,13-14,16-18,27H,3-6,8-10H2,(H,28,30)(H,29,31). The molecule has 3 N–H and O–H groups in total. The third-order valence-corrected chi connectivity index (χ3v) is 8.45. The Morgan fingerprint density at radius 1 is 1.13 bits per heavy atom. The van der Waals surface area contributed by atoms with Gasteiger partial charge in [-0.1, -0.05) is 22.0 Å². The molecule has 3 aliphatic carbocycles. The van der Waals surface area contributed by atoms with Gasteiger partial charge in [-0.05, 0) is 55.1 Å². The summed E-state index contributed by atoms with van der Waals surface area (Å²) in [6, 6.07) is 3.38. The maximum absolute atomic E-state index is 14.1. The number of rotatable bonds is 5. The fraction of sp³-hybridized carbons (Fsp3) is 0.636. The van der Waals surface area contributed by atoms with Crippen LogP contribution in [0.15, 0.2) is 22.7 Å². The van der Waals surface area contributed by atoms with Gasteiger partial charge in [0.2, 0.25) is 11.8 Å². The van der Waals surface area contributed by atoms with Crippen molar-refractivity contribution in [2.24, 2.45) is 29.1 Å². The molecule has 2 amide bonds. The van der Waals surface area contributed by atoms with Crippen LogP contribution in [-0.2, 0) is 16.1 Å². The molecule has 5 unspecified atom stereocenters. The first-order chi connectivity index (χ1) is 14.7. The molecule has 1 aromatic rings. The predicted octanol–water partition coefficient (Wildman–Crippen LogP) is 2.98. The minimum absolute atomic E-state index is 0.00329. The van der Waals surface area contributed by atoms with Crippen LogP contribution in [0.3, 0.4) is 0 Å². The molecule has 0 radical (unpaired) electrons. The molecule has 3 saturated carbocycles. The zero-order chi connectivity index (χ0) is 22.0. The van der Waals surface area contributed by atoms with Gasteiger partial charge in [0.1, 0.15) is 11.9 Å². The Labute approximate surface area is 187 Å².